The molecular weight excluding hydrogens is 256 g/mol. The van der Waals surface area contributed by atoms with E-state index >= 15 is 0 Å². The molecule has 4 heteroatoms. The zero-order chi connectivity index (χ0) is 14.6. The summed E-state index contributed by atoms with van der Waals surface area (Å²) in [6, 6.07) is 0. The Balaban J connectivity index is 1.76. The molecule has 1 aliphatic carbocycles. The standard InChI is InChI=1S/C16H26O4/c1-15(10-8-14(17)20-15)9-4-5-13-6-11-16(18-2,19-3)12-7-13/h6H,4-5,7-12H2,1-3H3. The zero-order valence-corrected chi connectivity index (χ0v) is 12.9. The maximum atomic E-state index is 11.2. The molecule has 0 N–H and O–H groups in total. The first kappa shape index (κ1) is 15.5. The number of ether oxygens (including phenoxy) is 3. The summed E-state index contributed by atoms with van der Waals surface area (Å²) in [5.74, 6) is -0.467. The minimum atomic E-state index is -0.420. The second-order valence-corrected chi connectivity index (χ2v) is 6.16. The molecule has 0 aromatic carbocycles. The molecule has 20 heavy (non-hydrogen) atoms. The van der Waals surface area contributed by atoms with Crippen LogP contribution < -0.4 is 0 Å². The van der Waals surface area contributed by atoms with Crippen LogP contribution in [0.1, 0.15) is 58.3 Å². The lowest BCUT2D eigenvalue weighted by Gasteiger charge is -2.34. The molecule has 4 nitrogen and oxygen atoms in total. The molecule has 1 atom stereocenters. The van der Waals surface area contributed by atoms with Crippen LogP contribution in [0.5, 0.6) is 0 Å². The molecule has 0 bridgehead atoms. The number of hydrogen-bond acceptors (Lipinski definition) is 4. The number of hydrogen-bond donors (Lipinski definition) is 0. The molecule has 1 unspecified atom stereocenters. The molecule has 2 aliphatic rings. The summed E-state index contributed by atoms with van der Waals surface area (Å²) in [5, 5.41) is 0. The minimum absolute atomic E-state index is 0.0469. The predicted molar refractivity (Wildman–Crippen MR) is 76.3 cm³/mol. The maximum absolute atomic E-state index is 11.2. The van der Waals surface area contributed by atoms with Crippen molar-refractivity contribution in [3.05, 3.63) is 11.6 Å². The van der Waals surface area contributed by atoms with Gasteiger partial charge in [0.2, 0.25) is 0 Å². The van der Waals surface area contributed by atoms with Crippen molar-refractivity contribution in [3.8, 4) is 0 Å². The second kappa shape index (κ2) is 6.27. The lowest BCUT2D eigenvalue weighted by Crippen LogP contribution is -2.35. The summed E-state index contributed by atoms with van der Waals surface area (Å²) >= 11 is 0. The van der Waals surface area contributed by atoms with E-state index in [0.29, 0.717) is 6.42 Å². The van der Waals surface area contributed by atoms with Crippen molar-refractivity contribution in [1.82, 2.24) is 0 Å². The third-order valence-electron chi connectivity index (χ3n) is 4.69. The Labute approximate surface area is 121 Å². The van der Waals surface area contributed by atoms with Crippen LogP contribution in [-0.4, -0.2) is 31.6 Å². The number of cyclic esters (lactones) is 1. The van der Waals surface area contributed by atoms with Crippen LogP contribution in [-0.2, 0) is 19.0 Å². The SMILES string of the molecule is COC1(OC)CC=C(CCCC2(C)CCC(=O)O2)CC1. The number of allylic oxidation sites excluding steroid dienone is 1. The van der Waals surface area contributed by atoms with Gasteiger partial charge in [-0.25, -0.2) is 0 Å². The third-order valence-corrected chi connectivity index (χ3v) is 4.69. The van der Waals surface area contributed by atoms with Crippen LogP contribution in [0.25, 0.3) is 0 Å². The van der Waals surface area contributed by atoms with Gasteiger partial charge in [-0.1, -0.05) is 11.6 Å². The number of carbonyl (C=O) groups is 1. The van der Waals surface area contributed by atoms with E-state index in [0.717, 1.165) is 44.9 Å². The Kier molecular flexibility index (Phi) is 4.86. The summed E-state index contributed by atoms with van der Waals surface area (Å²) < 4.78 is 16.3. The smallest absolute Gasteiger partial charge is 0.306 e. The molecule has 1 aliphatic heterocycles. The van der Waals surface area contributed by atoms with Gasteiger partial charge in [-0.05, 0) is 39.0 Å². The molecule has 1 heterocycles. The summed E-state index contributed by atoms with van der Waals surface area (Å²) in [6.07, 6.45) is 9.55. The van der Waals surface area contributed by atoms with Crippen LogP contribution in [0, 0.1) is 0 Å². The van der Waals surface area contributed by atoms with E-state index in [4.69, 9.17) is 14.2 Å². The number of esters is 1. The Morgan fingerprint density at radius 1 is 1.25 bits per heavy atom. The van der Waals surface area contributed by atoms with E-state index in [2.05, 4.69) is 6.08 Å². The molecule has 0 aromatic heterocycles. The van der Waals surface area contributed by atoms with Gasteiger partial charge in [-0.3, -0.25) is 4.79 Å². The van der Waals surface area contributed by atoms with Crippen molar-refractivity contribution in [2.75, 3.05) is 14.2 Å². The van der Waals surface area contributed by atoms with Crippen LogP contribution in [0.3, 0.4) is 0 Å². The van der Waals surface area contributed by atoms with Gasteiger partial charge in [-0.15, -0.1) is 0 Å². The van der Waals surface area contributed by atoms with Crippen LogP contribution in [0.2, 0.25) is 0 Å². The van der Waals surface area contributed by atoms with Gasteiger partial charge in [0.05, 0.1) is 0 Å². The summed E-state index contributed by atoms with van der Waals surface area (Å²) in [6.45, 7) is 2.05. The highest BCUT2D eigenvalue weighted by molar-refractivity contribution is 5.72. The van der Waals surface area contributed by atoms with E-state index in [9.17, 15) is 4.79 Å². The Morgan fingerprint density at radius 2 is 2.00 bits per heavy atom. The van der Waals surface area contributed by atoms with Crippen molar-refractivity contribution in [3.63, 3.8) is 0 Å². The average Bonchev–Trinajstić information content (AvgIpc) is 2.80. The van der Waals surface area contributed by atoms with Gasteiger partial charge in [0.15, 0.2) is 5.79 Å². The fourth-order valence-electron chi connectivity index (χ4n) is 3.14. The van der Waals surface area contributed by atoms with E-state index < -0.39 is 5.79 Å². The van der Waals surface area contributed by atoms with Crippen molar-refractivity contribution in [2.45, 2.75) is 69.7 Å². The lowest BCUT2D eigenvalue weighted by molar-refractivity contribution is -0.210. The summed E-state index contributed by atoms with van der Waals surface area (Å²) in [4.78, 5) is 11.2. The maximum Gasteiger partial charge on any atom is 0.306 e. The normalized spacial score (nSPS) is 29.1. The molecule has 0 aromatic rings. The average molecular weight is 282 g/mol. The molecule has 0 saturated carbocycles. The number of rotatable bonds is 6. The van der Waals surface area contributed by atoms with Crippen LogP contribution in [0.15, 0.2) is 11.6 Å². The minimum Gasteiger partial charge on any atom is -0.459 e. The number of methoxy groups -OCH3 is 2. The first-order valence-electron chi connectivity index (χ1n) is 7.51. The monoisotopic (exact) mass is 282 g/mol. The van der Waals surface area contributed by atoms with Crippen molar-refractivity contribution >= 4 is 5.97 Å². The second-order valence-electron chi connectivity index (χ2n) is 6.16. The fourth-order valence-corrected chi connectivity index (χ4v) is 3.14. The molecular formula is C16H26O4. The highest BCUT2D eigenvalue weighted by Crippen LogP contribution is 2.35. The Bertz CT molecular complexity index is 384. The van der Waals surface area contributed by atoms with E-state index in [-0.39, 0.29) is 11.6 Å². The fraction of sp³-hybridized carbons (Fsp3) is 0.812. The number of carbonyl (C=O) groups excluding carboxylic acids is 1. The molecule has 1 fully saturated rings. The predicted octanol–water partition coefficient (Wildman–Crippen LogP) is 3.35. The molecule has 114 valence electrons. The molecule has 0 amide bonds. The van der Waals surface area contributed by atoms with Gasteiger partial charge in [-0.2, -0.15) is 0 Å². The highest BCUT2D eigenvalue weighted by atomic mass is 16.7. The first-order chi connectivity index (χ1) is 9.51. The third kappa shape index (κ3) is 3.61. The van der Waals surface area contributed by atoms with Gasteiger partial charge in [0.25, 0.3) is 0 Å². The van der Waals surface area contributed by atoms with Gasteiger partial charge in [0.1, 0.15) is 5.60 Å². The quantitative estimate of drug-likeness (QED) is 0.426. The Morgan fingerprint density at radius 3 is 2.50 bits per heavy atom. The summed E-state index contributed by atoms with van der Waals surface area (Å²) in [5.41, 5.74) is 1.25. The molecule has 2 rings (SSSR count). The molecule has 1 saturated heterocycles. The van der Waals surface area contributed by atoms with Crippen molar-refractivity contribution < 1.29 is 19.0 Å². The summed E-state index contributed by atoms with van der Waals surface area (Å²) in [7, 11) is 3.41. The first-order valence-corrected chi connectivity index (χ1v) is 7.51. The largest absolute Gasteiger partial charge is 0.459 e. The Hall–Kier alpha value is -0.870. The van der Waals surface area contributed by atoms with Crippen LogP contribution >= 0.6 is 0 Å². The van der Waals surface area contributed by atoms with Crippen molar-refractivity contribution in [2.24, 2.45) is 0 Å². The zero-order valence-electron chi connectivity index (χ0n) is 12.9. The van der Waals surface area contributed by atoms with Crippen LogP contribution in [0.4, 0.5) is 0 Å². The molecule has 0 radical (unpaired) electrons. The van der Waals surface area contributed by atoms with Gasteiger partial charge >= 0.3 is 5.97 Å². The highest BCUT2D eigenvalue weighted by Gasteiger charge is 2.35. The lowest BCUT2D eigenvalue weighted by atomic mass is 9.88. The van der Waals surface area contributed by atoms with Gasteiger partial charge < -0.3 is 14.2 Å². The van der Waals surface area contributed by atoms with E-state index in [1.54, 1.807) is 14.2 Å². The van der Waals surface area contributed by atoms with E-state index in [1.165, 1.54) is 5.57 Å². The van der Waals surface area contributed by atoms with E-state index in [1.807, 2.05) is 6.92 Å². The van der Waals surface area contributed by atoms with Crippen molar-refractivity contribution in [1.29, 1.82) is 0 Å². The topological polar surface area (TPSA) is 44.8 Å². The molecule has 0 spiro atoms. The van der Waals surface area contributed by atoms with Gasteiger partial charge in [0, 0.05) is 33.5 Å².